The highest BCUT2D eigenvalue weighted by molar-refractivity contribution is 5.77. The molecule has 0 bridgehead atoms. The molecule has 0 amide bonds. The summed E-state index contributed by atoms with van der Waals surface area (Å²) in [7, 11) is 2.00. The molecule has 3 heterocycles. The van der Waals surface area contributed by atoms with Gasteiger partial charge in [-0.2, -0.15) is 0 Å². The van der Waals surface area contributed by atoms with E-state index in [0.717, 1.165) is 28.2 Å². The minimum absolute atomic E-state index is 0.403. The molecule has 2 aromatic carbocycles. The molecule has 0 unspecified atom stereocenters. The topological polar surface area (TPSA) is 86.7 Å². The molecular weight excluding hydrogens is 396 g/mol. The van der Waals surface area contributed by atoms with Gasteiger partial charge in [0.05, 0.1) is 6.54 Å². The normalized spacial score (nSPS) is 13.0. The number of hydrogen-bond donors (Lipinski definition) is 0. The van der Waals surface area contributed by atoms with E-state index in [1.54, 1.807) is 0 Å². The predicted molar refractivity (Wildman–Crippen MR) is 113 cm³/mol. The fraction of sp³-hybridized carbons (Fsp3) is 0.261. The van der Waals surface area contributed by atoms with E-state index in [1.165, 1.54) is 0 Å². The summed E-state index contributed by atoms with van der Waals surface area (Å²) in [6, 6.07) is 15.8. The molecule has 0 saturated carbocycles. The highest BCUT2D eigenvalue weighted by Crippen LogP contribution is 2.34. The molecule has 2 aromatic heterocycles. The van der Waals surface area contributed by atoms with Crippen molar-refractivity contribution in [2.75, 3.05) is 20.3 Å². The first-order valence-corrected chi connectivity index (χ1v) is 10.1. The van der Waals surface area contributed by atoms with Gasteiger partial charge in [-0.05, 0) is 31.7 Å². The zero-order chi connectivity index (χ0) is 21.2. The third-order valence-electron chi connectivity index (χ3n) is 5.05. The third kappa shape index (κ3) is 4.02. The van der Waals surface area contributed by atoms with E-state index in [2.05, 4.69) is 20.3 Å². The SMILES string of the molecule is Cc1onc(-c2ccccc2)c1-c1nnc(CN(C)Cc2ccc3c(c2)OCCO3)o1. The monoisotopic (exact) mass is 418 g/mol. The van der Waals surface area contributed by atoms with Crippen molar-refractivity contribution in [1.29, 1.82) is 0 Å². The molecule has 0 spiro atoms. The zero-order valence-corrected chi connectivity index (χ0v) is 17.4. The first-order valence-electron chi connectivity index (χ1n) is 10.1. The van der Waals surface area contributed by atoms with Gasteiger partial charge in [-0.15, -0.1) is 10.2 Å². The van der Waals surface area contributed by atoms with E-state index in [4.69, 9.17) is 18.4 Å². The van der Waals surface area contributed by atoms with Crippen molar-refractivity contribution in [3.63, 3.8) is 0 Å². The summed E-state index contributed by atoms with van der Waals surface area (Å²) in [4.78, 5) is 2.10. The fourth-order valence-electron chi connectivity index (χ4n) is 3.62. The number of fused-ring (bicyclic) bond motifs is 1. The molecule has 1 aliphatic heterocycles. The molecule has 5 rings (SSSR count). The average Bonchev–Trinajstić information content (AvgIpc) is 3.40. The van der Waals surface area contributed by atoms with Crippen LogP contribution in [-0.2, 0) is 13.1 Å². The summed E-state index contributed by atoms with van der Waals surface area (Å²) in [5.74, 6) is 3.14. The van der Waals surface area contributed by atoms with E-state index in [9.17, 15) is 0 Å². The molecule has 0 aliphatic carbocycles. The van der Waals surface area contributed by atoms with Crippen molar-refractivity contribution in [1.82, 2.24) is 20.3 Å². The summed E-state index contributed by atoms with van der Waals surface area (Å²) in [5, 5.41) is 12.7. The highest BCUT2D eigenvalue weighted by atomic mass is 16.6. The van der Waals surface area contributed by atoms with Crippen LogP contribution in [0.15, 0.2) is 57.5 Å². The van der Waals surface area contributed by atoms with Crippen LogP contribution in [0.25, 0.3) is 22.7 Å². The smallest absolute Gasteiger partial charge is 0.253 e. The number of rotatable bonds is 6. The molecule has 4 aromatic rings. The quantitative estimate of drug-likeness (QED) is 0.463. The molecule has 0 saturated heterocycles. The maximum Gasteiger partial charge on any atom is 0.253 e. The molecule has 8 nitrogen and oxygen atoms in total. The van der Waals surface area contributed by atoms with Crippen molar-refractivity contribution in [2.24, 2.45) is 0 Å². The van der Waals surface area contributed by atoms with Gasteiger partial charge in [0.1, 0.15) is 30.2 Å². The minimum atomic E-state index is 0.403. The zero-order valence-electron chi connectivity index (χ0n) is 17.4. The lowest BCUT2D eigenvalue weighted by Crippen LogP contribution is -2.18. The molecule has 0 N–H and O–H groups in total. The number of hydrogen-bond acceptors (Lipinski definition) is 8. The fourth-order valence-corrected chi connectivity index (χ4v) is 3.62. The van der Waals surface area contributed by atoms with Gasteiger partial charge in [0.25, 0.3) is 5.89 Å². The van der Waals surface area contributed by atoms with E-state index in [0.29, 0.717) is 49.5 Å². The molecule has 0 atom stereocenters. The molecule has 31 heavy (non-hydrogen) atoms. The van der Waals surface area contributed by atoms with Crippen molar-refractivity contribution in [3.8, 4) is 34.2 Å². The first-order chi connectivity index (χ1) is 15.2. The average molecular weight is 418 g/mol. The van der Waals surface area contributed by atoms with Gasteiger partial charge in [-0.1, -0.05) is 41.6 Å². The van der Waals surface area contributed by atoms with Crippen molar-refractivity contribution in [3.05, 3.63) is 65.7 Å². The van der Waals surface area contributed by atoms with E-state index >= 15 is 0 Å². The highest BCUT2D eigenvalue weighted by Gasteiger charge is 2.22. The van der Waals surface area contributed by atoms with Gasteiger partial charge < -0.3 is 18.4 Å². The second-order valence-corrected chi connectivity index (χ2v) is 7.48. The Balaban J connectivity index is 1.31. The number of aromatic nitrogens is 3. The van der Waals surface area contributed by atoms with Crippen LogP contribution >= 0.6 is 0 Å². The van der Waals surface area contributed by atoms with Crippen LogP contribution in [0.4, 0.5) is 0 Å². The molecule has 8 heteroatoms. The van der Waals surface area contributed by atoms with E-state index in [1.807, 2.05) is 62.5 Å². The summed E-state index contributed by atoms with van der Waals surface area (Å²) < 4.78 is 22.6. The van der Waals surface area contributed by atoms with Gasteiger partial charge in [0, 0.05) is 12.1 Å². The number of benzene rings is 2. The molecular formula is C23H22N4O4. The Morgan fingerprint density at radius 1 is 0.935 bits per heavy atom. The summed E-state index contributed by atoms with van der Waals surface area (Å²) in [6.45, 7) is 4.21. The maximum atomic E-state index is 5.96. The van der Waals surface area contributed by atoms with E-state index < -0.39 is 0 Å². The lowest BCUT2D eigenvalue weighted by molar-refractivity contribution is 0.171. The Morgan fingerprint density at radius 3 is 2.58 bits per heavy atom. The van der Waals surface area contributed by atoms with Gasteiger partial charge in [-0.25, -0.2) is 0 Å². The Hall–Kier alpha value is -3.65. The molecule has 1 aliphatic rings. The Morgan fingerprint density at radius 2 is 1.74 bits per heavy atom. The van der Waals surface area contributed by atoms with Crippen LogP contribution < -0.4 is 9.47 Å². The molecule has 0 fully saturated rings. The summed E-state index contributed by atoms with van der Waals surface area (Å²) >= 11 is 0. The Bertz CT molecular complexity index is 1190. The third-order valence-corrected chi connectivity index (χ3v) is 5.05. The lowest BCUT2D eigenvalue weighted by atomic mass is 10.1. The molecule has 158 valence electrons. The lowest BCUT2D eigenvalue weighted by Gasteiger charge is -2.20. The number of aryl methyl sites for hydroxylation is 1. The Labute approximate surface area is 179 Å². The number of nitrogens with zero attached hydrogens (tertiary/aromatic N) is 4. The number of ether oxygens (including phenoxy) is 2. The van der Waals surface area contributed by atoms with Crippen LogP contribution in [0.2, 0.25) is 0 Å². The minimum Gasteiger partial charge on any atom is -0.486 e. The van der Waals surface area contributed by atoms with Crippen molar-refractivity contribution in [2.45, 2.75) is 20.0 Å². The van der Waals surface area contributed by atoms with Crippen LogP contribution in [0, 0.1) is 6.92 Å². The standard InChI is InChI=1S/C23H22N4O4/c1-15-21(22(26-31-15)17-6-4-3-5-7-17)23-25-24-20(30-23)14-27(2)13-16-8-9-18-19(12-16)29-11-10-28-18/h3-9,12H,10-11,13-14H2,1-2H3. The van der Waals surface area contributed by atoms with Gasteiger partial charge in [-0.3, -0.25) is 4.90 Å². The van der Waals surface area contributed by atoms with E-state index in [-0.39, 0.29) is 0 Å². The van der Waals surface area contributed by atoms with Crippen LogP contribution in [0.1, 0.15) is 17.2 Å². The van der Waals surface area contributed by atoms with Crippen molar-refractivity contribution < 1.29 is 18.4 Å². The van der Waals surface area contributed by atoms with Crippen LogP contribution in [0.5, 0.6) is 11.5 Å². The van der Waals surface area contributed by atoms with Crippen LogP contribution in [0.3, 0.4) is 0 Å². The second kappa shape index (κ2) is 8.23. The van der Waals surface area contributed by atoms with Crippen molar-refractivity contribution >= 4 is 0 Å². The van der Waals surface area contributed by atoms with Crippen LogP contribution in [-0.4, -0.2) is 40.5 Å². The summed E-state index contributed by atoms with van der Waals surface area (Å²) in [6.07, 6.45) is 0. The summed E-state index contributed by atoms with van der Waals surface area (Å²) in [5.41, 5.74) is 3.47. The second-order valence-electron chi connectivity index (χ2n) is 7.48. The van der Waals surface area contributed by atoms with Gasteiger partial charge in [0.15, 0.2) is 11.5 Å². The largest absolute Gasteiger partial charge is 0.486 e. The maximum absolute atomic E-state index is 5.96. The first kappa shape index (κ1) is 19.3. The molecule has 0 radical (unpaired) electrons. The van der Waals surface area contributed by atoms with Gasteiger partial charge >= 0.3 is 0 Å². The predicted octanol–water partition coefficient (Wildman–Crippen LogP) is 4.10. The Kier molecular flexibility index (Phi) is 5.13. The van der Waals surface area contributed by atoms with Gasteiger partial charge in [0.2, 0.25) is 5.89 Å².